The summed E-state index contributed by atoms with van der Waals surface area (Å²) in [6.07, 6.45) is 0. The minimum absolute atomic E-state index is 0.0712. The maximum atomic E-state index is 13.9. The summed E-state index contributed by atoms with van der Waals surface area (Å²) in [5.41, 5.74) is 2.16. The molecule has 0 aliphatic carbocycles. The van der Waals surface area contributed by atoms with Crippen LogP contribution in [0.25, 0.3) is 0 Å². The molecule has 0 spiro atoms. The Labute approximate surface area is 231 Å². The van der Waals surface area contributed by atoms with Gasteiger partial charge >= 0.3 is 0 Å². The molecule has 0 radical (unpaired) electrons. The molecule has 0 saturated carbocycles. The smallest absolute Gasteiger partial charge is 0.264 e. The van der Waals surface area contributed by atoms with E-state index < -0.39 is 28.5 Å². The van der Waals surface area contributed by atoms with Gasteiger partial charge in [-0.1, -0.05) is 56.3 Å². The van der Waals surface area contributed by atoms with Crippen LogP contribution in [0.5, 0.6) is 5.75 Å². The van der Waals surface area contributed by atoms with Gasteiger partial charge in [0, 0.05) is 13.1 Å². The number of nitrogens with zero attached hydrogens (tertiary/aromatic N) is 2. The second kappa shape index (κ2) is 13.3. The molecule has 208 valence electrons. The minimum atomic E-state index is -4.09. The van der Waals surface area contributed by atoms with Crippen LogP contribution in [0.15, 0.2) is 83.8 Å². The van der Waals surface area contributed by atoms with Crippen LogP contribution in [0.1, 0.15) is 44.7 Å². The van der Waals surface area contributed by atoms with E-state index in [1.165, 1.54) is 17.0 Å². The van der Waals surface area contributed by atoms with E-state index >= 15 is 0 Å². The van der Waals surface area contributed by atoms with E-state index in [-0.39, 0.29) is 23.3 Å². The van der Waals surface area contributed by atoms with Gasteiger partial charge in [0.25, 0.3) is 10.0 Å². The van der Waals surface area contributed by atoms with E-state index in [0.29, 0.717) is 18.0 Å². The highest BCUT2D eigenvalue weighted by Gasteiger charge is 2.32. The number of likely N-dealkylation sites (N-methyl/N-ethyl adjacent to an activating group) is 1. The Bertz CT molecular complexity index is 1360. The molecule has 0 aliphatic rings. The highest BCUT2D eigenvalue weighted by atomic mass is 32.2. The van der Waals surface area contributed by atoms with Gasteiger partial charge < -0.3 is 15.0 Å². The Hall–Kier alpha value is -3.85. The van der Waals surface area contributed by atoms with Gasteiger partial charge in [-0.05, 0) is 67.3 Å². The van der Waals surface area contributed by atoms with Crippen molar-refractivity contribution in [3.05, 3.63) is 90.0 Å². The lowest BCUT2D eigenvalue weighted by Crippen LogP contribution is -2.51. The van der Waals surface area contributed by atoms with Crippen LogP contribution >= 0.6 is 0 Å². The van der Waals surface area contributed by atoms with E-state index in [0.717, 1.165) is 15.4 Å². The average Bonchev–Trinajstić information content (AvgIpc) is 2.94. The predicted molar refractivity (Wildman–Crippen MR) is 153 cm³/mol. The molecule has 0 heterocycles. The summed E-state index contributed by atoms with van der Waals surface area (Å²) < 4.78 is 34.1. The van der Waals surface area contributed by atoms with Crippen LogP contribution in [0.4, 0.5) is 5.69 Å². The summed E-state index contributed by atoms with van der Waals surface area (Å²) in [7, 11) is -2.54. The number of methoxy groups -OCH3 is 1. The zero-order valence-corrected chi connectivity index (χ0v) is 23.9. The maximum absolute atomic E-state index is 13.9. The number of sulfonamides is 1. The van der Waals surface area contributed by atoms with Crippen LogP contribution in [0.3, 0.4) is 0 Å². The number of nitrogens with one attached hydrogen (secondary N) is 1. The van der Waals surface area contributed by atoms with Crippen LogP contribution in [0.2, 0.25) is 0 Å². The van der Waals surface area contributed by atoms with Crippen molar-refractivity contribution in [1.82, 2.24) is 10.2 Å². The third kappa shape index (κ3) is 7.38. The van der Waals surface area contributed by atoms with Gasteiger partial charge in [-0.3, -0.25) is 13.9 Å². The summed E-state index contributed by atoms with van der Waals surface area (Å²) in [5.74, 6) is 0.0387. The first-order chi connectivity index (χ1) is 18.6. The third-order valence-corrected chi connectivity index (χ3v) is 8.25. The first-order valence-corrected chi connectivity index (χ1v) is 14.4. The summed E-state index contributed by atoms with van der Waals surface area (Å²) in [5, 5.41) is 2.76. The predicted octanol–water partition coefficient (Wildman–Crippen LogP) is 4.57. The normalized spacial score (nSPS) is 12.1. The number of hydrogen-bond acceptors (Lipinski definition) is 5. The summed E-state index contributed by atoms with van der Waals surface area (Å²) >= 11 is 0. The van der Waals surface area contributed by atoms with Crippen LogP contribution in [-0.2, 0) is 26.2 Å². The standard InChI is InChI=1S/C30H37N3O5S/c1-6-31-30(35)23(4)32(20-24-11-10-12-27(19-24)38-5)29(34)21-33(26-17-15-25(16-18-26)22(2)3)39(36,37)28-13-8-7-9-14-28/h7-19,22-23H,6,20-21H2,1-5H3,(H,31,35)/t23-/m1/s1. The van der Waals surface area contributed by atoms with Gasteiger partial charge in [0.05, 0.1) is 17.7 Å². The van der Waals surface area contributed by atoms with Crippen molar-refractivity contribution in [3.8, 4) is 5.75 Å². The second-order valence-corrected chi connectivity index (χ2v) is 11.4. The number of ether oxygens (including phenoxy) is 1. The van der Waals surface area contributed by atoms with E-state index in [2.05, 4.69) is 19.2 Å². The zero-order valence-electron chi connectivity index (χ0n) is 23.1. The first kappa shape index (κ1) is 29.7. The van der Waals surface area contributed by atoms with Gasteiger partial charge in [0.15, 0.2) is 0 Å². The van der Waals surface area contributed by atoms with Crippen LogP contribution in [0, 0.1) is 0 Å². The molecular formula is C30H37N3O5S. The maximum Gasteiger partial charge on any atom is 0.264 e. The molecule has 3 aromatic carbocycles. The van der Waals surface area contributed by atoms with Gasteiger partial charge in [-0.15, -0.1) is 0 Å². The number of carbonyl (C=O) groups is 2. The topological polar surface area (TPSA) is 96.0 Å². The number of rotatable bonds is 12. The van der Waals surface area contributed by atoms with E-state index in [1.54, 1.807) is 69.5 Å². The third-order valence-electron chi connectivity index (χ3n) is 6.46. The number of carbonyl (C=O) groups excluding carboxylic acids is 2. The zero-order chi connectivity index (χ0) is 28.6. The van der Waals surface area contributed by atoms with Crippen molar-refractivity contribution < 1.29 is 22.7 Å². The second-order valence-electron chi connectivity index (χ2n) is 9.51. The van der Waals surface area contributed by atoms with Gasteiger partial charge in [-0.2, -0.15) is 0 Å². The number of benzene rings is 3. The fourth-order valence-corrected chi connectivity index (χ4v) is 5.58. The number of amides is 2. The quantitative estimate of drug-likeness (QED) is 0.356. The van der Waals surface area contributed by atoms with Crippen LogP contribution in [-0.4, -0.2) is 51.4 Å². The largest absolute Gasteiger partial charge is 0.497 e. The van der Waals surface area contributed by atoms with E-state index in [4.69, 9.17) is 4.74 Å². The molecule has 0 saturated heterocycles. The average molecular weight is 552 g/mol. The Morgan fingerprint density at radius 3 is 2.18 bits per heavy atom. The Morgan fingerprint density at radius 2 is 1.59 bits per heavy atom. The minimum Gasteiger partial charge on any atom is -0.497 e. The lowest BCUT2D eigenvalue weighted by atomic mass is 10.0. The molecule has 0 unspecified atom stereocenters. The fraction of sp³-hybridized carbons (Fsp3) is 0.333. The molecule has 8 nitrogen and oxygen atoms in total. The Balaban J connectivity index is 2.03. The summed E-state index contributed by atoms with van der Waals surface area (Å²) in [4.78, 5) is 28.2. The monoisotopic (exact) mass is 551 g/mol. The van der Waals surface area contributed by atoms with Crippen molar-refractivity contribution >= 4 is 27.5 Å². The summed E-state index contributed by atoms with van der Waals surface area (Å²) in [6, 6.07) is 21.5. The molecule has 3 rings (SSSR count). The molecule has 39 heavy (non-hydrogen) atoms. The molecule has 0 aliphatic heterocycles. The van der Waals surface area contributed by atoms with Crippen molar-refractivity contribution in [1.29, 1.82) is 0 Å². The Kier molecular flexibility index (Phi) is 10.1. The molecule has 2 amide bonds. The lowest BCUT2D eigenvalue weighted by molar-refractivity contribution is -0.139. The van der Waals surface area contributed by atoms with Crippen molar-refractivity contribution in [2.75, 3.05) is 24.5 Å². The molecule has 0 aromatic heterocycles. The number of anilines is 1. The van der Waals surface area contributed by atoms with Crippen molar-refractivity contribution in [3.63, 3.8) is 0 Å². The summed E-state index contributed by atoms with van der Waals surface area (Å²) in [6.45, 7) is 7.56. The lowest BCUT2D eigenvalue weighted by Gasteiger charge is -2.32. The molecule has 1 atom stereocenters. The van der Waals surface area contributed by atoms with E-state index in [1.807, 2.05) is 18.2 Å². The van der Waals surface area contributed by atoms with Gasteiger partial charge in [0.2, 0.25) is 11.8 Å². The highest BCUT2D eigenvalue weighted by molar-refractivity contribution is 7.92. The molecule has 0 fully saturated rings. The van der Waals surface area contributed by atoms with E-state index in [9.17, 15) is 18.0 Å². The highest BCUT2D eigenvalue weighted by Crippen LogP contribution is 2.27. The SMILES string of the molecule is CCNC(=O)[C@@H](C)N(Cc1cccc(OC)c1)C(=O)CN(c1ccc(C(C)C)cc1)S(=O)(=O)c1ccccc1. The fourth-order valence-electron chi connectivity index (χ4n) is 4.15. The van der Waals surface area contributed by atoms with Gasteiger partial charge in [-0.25, -0.2) is 8.42 Å². The molecule has 0 bridgehead atoms. The molecule has 1 N–H and O–H groups in total. The van der Waals surface area contributed by atoms with Gasteiger partial charge in [0.1, 0.15) is 18.3 Å². The molecular weight excluding hydrogens is 514 g/mol. The molecule has 9 heteroatoms. The van der Waals surface area contributed by atoms with Crippen LogP contribution < -0.4 is 14.4 Å². The van der Waals surface area contributed by atoms with Crippen molar-refractivity contribution in [2.45, 2.75) is 51.1 Å². The number of hydrogen-bond donors (Lipinski definition) is 1. The van der Waals surface area contributed by atoms with Crippen molar-refractivity contribution in [2.24, 2.45) is 0 Å². The first-order valence-electron chi connectivity index (χ1n) is 13.0. The Morgan fingerprint density at radius 1 is 0.923 bits per heavy atom. The molecule has 3 aromatic rings.